The summed E-state index contributed by atoms with van der Waals surface area (Å²) in [5.74, 6) is 0.183. The van der Waals surface area contributed by atoms with Crippen LogP contribution >= 0.6 is 0 Å². The quantitative estimate of drug-likeness (QED) is 0.253. The van der Waals surface area contributed by atoms with Crippen molar-refractivity contribution in [2.24, 2.45) is 67.5 Å². The van der Waals surface area contributed by atoms with Crippen LogP contribution in [-0.4, -0.2) is 62.3 Å². The number of fused-ring (bicyclic) bond motifs is 4. The lowest BCUT2D eigenvalue weighted by molar-refractivity contribution is -0.286. The van der Waals surface area contributed by atoms with Crippen molar-refractivity contribution < 1.29 is 30.3 Å². The Morgan fingerprint density at radius 1 is 0.936 bits per heavy atom. The Morgan fingerprint density at radius 3 is 2.47 bits per heavy atom. The van der Waals surface area contributed by atoms with Gasteiger partial charge in [-0.2, -0.15) is 0 Å². The van der Waals surface area contributed by atoms with Gasteiger partial charge in [-0.25, -0.2) is 0 Å². The Morgan fingerprint density at radius 2 is 1.70 bits per heavy atom. The van der Waals surface area contributed by atoms with Crippen LogP contribution in [0.3, 0.4) is 0 Å². The molecular weight excluding hydrogens is 588 g/mol. The van der Waals surface area contributed by atoms with Crippen LogP contribution in [0, 0.1) is 67.5 Å². The second-order valence-corrected chi connectivity index (χ2v) is 19.5. The SMILES string of the molecule is CC1(C)CC2C3=CC(=O)C4C56CCCCC4(CCC5C4(C(O)CO)CC=CC6CC4O)C3(C)CC3(O)C=CC4CCCC4(C1)C23CO. The zero-order valence-electron chi connectivity index (χ0n) is 28.9. The molecule has 0 aromatic rings. The molecule has 6 nitrogen and oxygen atoms in total. The van der Waals surface area contributed by atoms with Gasteiger partial charge < -0.3 is 25.5 Å². The first-order valence-electron chi connectivity index (χ1n) is 19.2. The number of hydrogen-bond acceptors (Lipinski definition) is 6. The minimum Gasteiger partial charge on any atom is -0.396 e. The van der Waals surface area contributed by atoms with E-state index in [4.69, 9.17) is 0 Å². The van der Waals surface area contributed by atoms with Crippen LogP contribution in [0.4, 0.5) is 0 Å². The van der Waals surface area contributed by atoms with Gasteiger partial charge in [-0.1, -0.05) is 69.9 Å². The monoisotopic (exact) mass is 646 g/mol. The van der Waals surface area contributed by atoms with Crippen LogP contribution in [0.5, 0.6) is 0 Å². The highest BCUT2D eigenvalue weighted by Crippen LogP contribution is 2.84. The molecule has 4 bridgehead atoms. The smallest absolute Gasteiger partial charge is 0.159 e. The first-order valence-corrected chi connectivity index (χ1v) is 19.2. The predicted octanol–water partition coefficient (Wildman–Crippen LogP) is 5.66. The van der Waals surface area contributed by atoms with E-state index in [2.05, 4.69) is 51.2 Å². The number of carbonyl (C=O) groups excluding carboxylic acids is 1. The van der Waals surface area contributed by atoms with E-state index < -0.39 is 46.1 Å². The fourth-order valence-corrected chi connectivity index (χ4v) is 16.9. The first-order chi connectivity index (χ1) is 22.3. The van der Waals surface area contributed by atoms with Gasteiger partial charge >= 0.3 is 0 Å². The van der Waals surface area contributed by atoms with E-state index in [9.17, 15) is 25.5 Å². The van der Waals surface area contributed by atoms with E-state index >= 15 is 4.79 Å². The third-order valence-electron chi connectivity index (χ3n) is 18.0. The minimum atomic E-state index is -1.17. The highest BCUT2D eigenvalue weighted by molar-refractivity contribution is 5.96. The van der Waals surface area contributed by atoms with Gasteiger partial charge in [0.25, 0.3) is 0 Å². The highest BCUT2D eigenvalue weighted by atomic mass is 16.3. The summed E-state index contributed by atoms with van der Waals surface area (Å²) in [6.45, 7) is 6.72. The van der Waals surface area contributed by atoms with Gasteiger partial charge in [0.2, 0.25) is 0 Å². The van der Waals surface area contributed by atoms with Crippen LogP contribution in [0.25, 0.3) is 0 Å². The van der Waals surface area contributed by atoms with E-state index in [1.165, 1.54) is 5.57 Å². The van der Waals surface area contributed by atoms with Crippen LogP contribution in [0.15, 0.2) is 36.0 Å². The molecule has 6 fully saturated rings. The molecule has 0 saturated heterocycles. The maximum atomic E-state index is 15.4. The molecule has 0 heterocycles. The average Bonchev–Trinajstić information content (AvgIpc) is 3.18. The standard InChI is InChI=1S/C41H58O6/c1-34(2)20-28-27-19-29(44)33-36(35(27,3)23-38(47)17-10-25-8-6-13-37(25,22-34)41(28,38)24-43)12-4-5-14-39(33)26-9-7-15-40(31(45)18-26,32(46)21-42)30(39)11-16-36/h7,9-10,17,19,25-26,28,30-33,42-43,45-47H,4-6,8,11-16,18,20-24H2,1-3H3. The Labute approximate surface area is 280 Å². The minimum absolute atomic E-state index is 0.0190. The van der Waals surface area contributed by atoms with Crippen LogP contribution in [-0.2, 0) is 4.79 Å². The van der Waals surface area contributed by atoms with Crippen molar-refractivity contribution in [1.29, 1.82) is 0 Å². The summed E-state index contributed by atoms with van der Waals surface area (Å²) in [5, 5.41) is 58.9. The molecule has 10 aliphatic rings. The molecule has 0 amide bonds. The van der Waals surface area contributed by atoms with E-state index in [1.54, 1.807) is 0 Å². The van der Waals surface area contributed by atoms with Gasteiger partial charge in [-0.3, -0.25) is 4.79 Å². The summed E-state index contributed by atoms with van der Waals surface area (Å²) >= 11 is 0. The predicted molar refractivity (Wildman–Crippen MR) is 179 cm³/mol. The molecule has 2 spiro atoms. The maximum Gasteiger partial charge on any atom is 0.159 e. The van der Waals surface area contributed by atoms with Gasteiger partial charge in [-0.05, 0) is 127 Å². The first kappa shape index (κ1) is 31.7. The third kappa shape index (κ3) is 3.23. The number of rotatable bonds is 3. The second-order valence-electron chi connectivity index (χ2n) is 19.5. The number of carbonyl (C=O) groups is 1. The topological polar surface area (TPSA) is 118 Å². The molecule has 10 aliphatic carbocycles. The van der Waals surface area contributed by atoms with Crippen molar-refractivity contribution in [1.82, 2.24) is 0 Å². The zero-order chi connectivity index (χ0) is 33.0. The Kier molecular flexibility index (Phi) is 6.41. The van der Waals surface area contributed by atoms with Gasteiger partial charge in [0, 0.05) is 16.7 Å². The Hall–Kier alpha value is -1.31. The number of ketones is 1. The summed E-state index contributed by atoms with van der Waals surface area (Å²) in [6, 6.07) is 0. The molecule has 258 valence electrons. The largest absolute Gasteiger partial charge is 0.396 e. The van der Waals surface area contributed by atoms with E-state index in [1.807, 2.05) is 0 Å². The normalized spacial score (nSPS) is 57.0. The number of aliphatic hydroxyl groups is 5. The number of allylic oxidation sites excluding steroid dienone is 5. The summed E-state index contributed by atoms with van der Waals surface area (Å²) in [4.78, 5) is 15.4. The summed E-state index contributed by atoms with van der Waals surface area (Å²) in [5.41, 5.74) is -2.91. The van der Waals surface area contributed by atoms with Gasteiger partial charge in [-0.15, -0.1) is 0 Å². The van der Waals surface area contributed by atoms with Crippen LogP contribution < -0.4 is 0 Å². The summed E-state index contributed by atoms with van der Waals surface area (Å²) in [7, 11) is 0. The number of aliphatic hydroxyl groups excluding tert-OH is 4. The van der Waals surface area contributed by atoms with Gasteiger partial charge in [0.1, 0.15) is 0 Å². The second kappa shape index (κ2) is 9.51. The molecule has 0 aromatic carbocycles. The highest BCUT2D eigenvalue weighted by Gasteiger charge is 2.81. The van der Waals surface area contributed by atoms with E-state index in [-0.39, 0.29) is 52.3 Å². The molecule has 47 heavy (non-hydrogen) atoms. The Balaban J connectivity index is 1.29. The maximum absolute atomic E-state index is 15.4. The van der Waals surface area contributed by atoms with Crippen LogP contribution in [0.1, 0.15) is 111 Å². The van der Waals surface area contributed by atoms with Crippen molar-refractivity contribution in [2.45, 2.75) is 128 Å². The van der Waals surface area contributed by atoms with Crippen molar-refractivity contribution in [3.63, 3.8) is 0 Å². The molecule has 14 unspecified atom stereocenters. The molecule has 6 heteroatoms. The number of hydrogen-bond donors (Lipinski definition) is 5. The zero-order valence-corrected chi connectivity index (χ0v) is 28.9. The fourth-order valence-electron chi connectivity index (χ4n) is 16.9. The summed E-state index contributed by atoms with van der Waals surface area (Å²) in [6.07, 6.45) is 21.3. The van der Waals surface area contributed by atoms with Crippen LogP contribution in [0.2, 0.25) is 0 Å². The third-order valence-corrected chi connectivity index (χ3v) is 18.0. The summed E-state index contributed by atoms with van der Waals surface area (Å²) < 4.78 is 0. The van der Waals surface area contributed by atoms with Crippen molar-refractivity contribution >= 4 is 5.78 Å². The fraction of sp³-hybridized carbons (Fsp3) is 0.829. The lowest BCUT2D eigenvalue weighted by Gasteiger charge is -2.77. The molecule has 10 rings (SSSR count). The van der Waals surface area contributed by atoms with Gasteiger partial charge in [0.05, 0.1) is 31.0 Å². The molecular formula is C41H58O6. The van der Waals surface area contributed by atoms with Crippen molar-refractivity contribution in [3.05, 3.63) is 36.0 Å². The average molecular weight is 647 g/mol. The lowest BCUT2D eigenvalue weighted by atomic mass is 9.27. The van der Waals surface area contributed by atoms with Crippen molar-refractivity contribution in [2.75, 3.05) is 13.2 Å². The van der Waals surface area contributed by atoms with E-state index in [0.29, 0.717) is 25.2 Å². The molecule has 0 aliphatic heterocycles. The molecule has 5 N–H and O–H groups in total. The Bertz CT molecular complexity index is 1480. The molecule has 0 aromatic heterocycles. The lowest BCUT2D eigenvalue weighted by Crippen LogP contribution is -2.77. The molecule has 6 saturated carbocycles. The van der Waals surface area contributed by atoms with Gasteiger partial charge in [0.15, 0.2) is 5.78 Å². The molecule has 0 radical (unpaired) electrons. The van der Waals surface area contributed by atoms with Crippen molar-refractivity contribution in [3.8, 4) is 0 Å². The molecule has 14 atom stereocenters. The van der Waals surface area contributed by atoms with E-state index in [0.717, 1.165) is 70.6 Å².